The molecule has 0 amide bonds. The van der Waals surface area contributed by atoms with Gasteiger partial charge in [-0.3, -0.25) is 0 Å². The summed E-state index contributed by atoms with van der Waals surface area (Å²) in [6.45, 7) is 2.46. The van der Waals surface area contributed by atoms with Crippen molar-refractivity contribution in [2.75, 3.05) is 5.32 Å². The van der Waals surface area contributed by atoms with Crippen molar-refractivity contribution in [3.63, 3.8) is 0 Å². The molecule has 0 aliphatic rings. The Hall–Kier alpha value is -0.520. The molecular weight excluding hydrogens is 438 g/mol. The number of halogens is 3. The Morgan fingerprint density at radius 3 is 2.37 bits per heavy atom. The van der Waals surface area contributed by atoms with E-state index in [0.29, 0.717) is 12.3 Å². The first-order chi connectivity index (χ1) is 8.99. The molecule has 0 saturated carbocycles. The predicted octanol–water partition coefficient (Wildman–Crippen LogP) is 5.60. The number of para-hydroxylation sites is 1. The van der Waals surface area contributed by atoms with Crippen LogP contribution in [0.1, 0.15) is 11.1 Å². The van der Waals surface area contributed by atoms with Crippen molar-refractivity contribution >= 4 is 53.5 Å². The molecule has 19 heavy (non-hydrogen) atoms. The lowest BCUT2D eigenvalue weighted by Crippen LogP contribution is -2.01. The van der Waals surface area contributed by atoms with Crippen molar-refractivity contribution < 1.29 is 5.11 Å². The second kappa shape index (κ2) is 6.29. The van der Waals surface area contributed by atoms with Gasteiger partial charge in [0.2, 0.25) is 0 Å². The van der Waals surface area contributed by atoms with Crippen molar-refractivity contribution in [3.05, 3.63) is 54.9 Å². The zero-order chi connectivity index (χ0) is 14.0. The first kappa shape index (κ1) is 14.9. The normalized spacial score (nSPS) is 10.5. The molecule has 0 aliphatic heterocycles. The Morgan fingerprint density at radius 2 is 1.74 bits per heavy atom. The van der Waals surface area contributed by atoms with E-state index < -0.39 is 0 Å². The van der Waals surface area contributed by atoms with Crippen molar-refractivity contribution in [2.45, 2.75) is 13.5 Å². The number of hydrogen-bond donors (Lipinski definition) is 2. The second-order valence-corrected chi connectivity index (χ2v) is 6.80. The van der Waals surface area contributed by atoms with Crippen LogP contribution < -0.4 is 5.32 Å². The molecule has 0 saturated heterocycles. The monoisotopic (exact) mass is 447 g/mol. The zero-order valence-electron chi connectivity index (χ0n) is 10.2. The van der Waals surface area contributed by atoms with Crippen molar-refractivity contribution in [3.8, 4) is 5.75 Å². The molecule has 0 heterocycles. The molecule has 0 fully saturated rings. The molecule has 2 aromatic carbocycles. The highest BCUT2D eigenvalue weighted by atomic mass is 79.9. The second-order valence-electron chi connectivity index (χ2n) is 4.18. The Morgan fingerprint density at radius 1 is 1.11 bits per heavy atom. The van der Waals surface area contributed by atoms with Crippen LogP contribution in [0, 0.1) is 6.92 Å². The standard InChI is InChI=1S/C14H12Br3NO/c1-8-3-2-4-9(14(8)19)7-18-13-11(16)5-10(15)6-12(13)17/h2-6,18-19H,7H2,1H3. The molecule has 2 aromatic rings. The Balaban J connectivity index is 2.22. The van der Waals surface area contributed by atoms with Crippen molar-refractivity contribution in [2.24, 2.45) is 0 Å². The SMILES string of the molecule is Cc1cccc(CNc2c(Br)cc(Br)cc2Br)c1O. The van der Waals surface area contributed by atoms with Gasteiger partial charge in [-0.05, 0) is 56.5 Å². The zero-order valence-corrected chi connectivity index (χ0v) is 14.9. The fourth-order valence-corrected chi connectivity index (χ4v) is 4.30. The molecule has 2 rings (SSSR count). The molecule has 0 atom stereocenters. The smallest absolute Gasteiger partial charge is 0.123 e. The fraction of sp³-hybridized carbons (Fsp3) is 0.143. The van der Waals surface area contributed by atoms with Crippen LogP contribution in [0.4, 0.5) is 5.69 Å². The average Bonchev–Trinajstić information content (AvgIpc) is 2.33. The molecule has 2 nitrogen and oxygen atoms in total. The van der Waals surface area contributed by atoms with E-state index in [1.54, 1.807) is 0 Å². The summed E-state index contributed by atoms with van der Waals surface area (Å²) in [6.07, 6.45) is 0. The molecular formula is C14H12Br3NO. The van der Waals surface area contributed by atoms with E-state index in [9.17, 15) is 5.11 Å². The number of aromatic hydroxyl groups is 1. The maximum absolute atomic E-state index is 9.99. The van der Waals surface area contributed by atoms with Crippen molar-refractivity contribution in [1.82, 2.24) is 0 Å². The minimum absolute atomic E-state index is 0.347. The van der Waals surface area contributed by atoms with Gasteiger partial charge in [-0.2, -0.15) is 0 Å². The van der Waals surface area contributed by atoms with Gasteiger partial charge in [-0.25, -0.2) is 0 Å². The maximum Gasteiger partial charge on any atom is 0.123 e. The first-order valence-corrected chi connectivity index (χ1v) is 8.03. The van der Waals surface area contributed by atoms with Gasteiger partial charge in [0.1, 0.15) is 5.75 Å². The number of phenols is 1. The van der Waals surface area contributed by atoms with E-state index in [2.05, 4.69) is 53.1 Å². The molecule has 0 radical (unpaired) electrons. The average molecular weight is 450 g/mol. The van der Waals surface area contributed by atoms with Crippen LogP contribution >= 0.6 is 47.8 Å². The largest absolute Gasteiger partial charge is 0.507 e. The van der Waals surface area contributed by atoms with Gasteiger partial charge >= 0.3 is 0 Å². The summed E-state index contributed by atoms with van der Waals surface area (Å²) in [5, 5.41) is 13.3. The summed E-state index contributed by atoms with van der Waals surface area (Å²) >= 11 is 10.5. The lowest BCUT2D eigenvalue weighted by Gasteiger charge is -2.13. The minimum Gasteiger partial charge on any atom is -0.507 e. The number of aryl methyl sites for hydroxylation is 1. The summed E-state index contributed by atoms with van der Waals surface area (Å²) in [7, 11) is 0. The highest BCUT2D eigenvalue weighted by Gasteiger charge is 2.08. The van der Waals surface area contributed by atoms with E-state index in [-0.39, 0.29) is 0 Å². The third-order valence-electron chi connectivity index (χ3n) is 2.78. The quantitative estimate of drug-likeness (QED) is 0.639. The predicted molar refractivity (Wildman–Crippen MR) is 89.7 cm³/mol. The number of anilines is 1. The lowest BCUT2D eigenvalue weighted by molar-refractivity contribution is 0.465. The molecule has 0 aromatic heterocycles. The highest BCUT2D eigenvalue weighted by molar-refractivity contribution is 9.11. The molecule has 0 spiro atoms. The van der Waals surface area contributed by atoms with Gasteiger partial charge < -0.3 is 10.4 Å². The van der Waals surface area contributed by atoms with Crippen LogP contribution in [0.3, 0.4) is 0 Å². The minimum atomic E-state index is 0.347. The summed E-state index contributed by atoms with van der Waals surface area (Å²) in [5.74, 6) is 0.347. The Bertz CT molecular complexity index is 591. The van der Waals surface area contributed by atoms with Gasteiger partial charge in [-0.15, -0.1) is 0 Å². The first-order valence-electron chi connectivity index (χ1n) is 5.65. The van der Waals surface area contributed by atoms with Gasteiger partial charge in [0.15, 0.2) is 0 Å². The number of phenolic OH excluding ortho intramolecular Hbond substituents is 1. The van der Waals surface area contributed by atoms with Crippen LogP contribution in [-0.2, 0) is 6.54 Å². The van der Waals surface area contributed by atoms with Crippen LogP contribution in [0.5, 0.6) is 5.75 Å². The molecule has 2 N–H and O–H groups in total. The Kier molecular flexibility index (Phi) is 4.92. The van der Waals surface area contributed by atoms with Gasteiger partial charge in [0, 0.05) is 25.5 Å². The number of benzene rings is 2. The summed E-state index contributed by atoms with van der Waals surface area (Å²) in [6, 6.07) is 9.70. The van der Waals surface area contributed by atoms with Crippen LogP contribution in [-0.4, -0.2) is 5.11 Å². The van der Waals surface area contributed by atoms with Crippen molar-refractivity contribution in [1.29, 1.82) is 0 Å². The third-order valence-corrected chi connectivity index (χ3v) is 4.49. The van der Waals surface area contributed by atoms with Crippen LogP contribution in [0.2, 0.25) is 0 Å². The Labute approximate surface area is 137 Å². The van der Waals surface area contributed by atoms with Crippen LogP contribution in [0.15, 0.2) is 43.7 Å². The van der Waals surface area contributed by atoms with Crippen LogP contribution in [0.25, 0.3) is 0 Å². The van der Waals surface area contributed by atoms with E-state index in [1.165, 1.54) is 0 Å². The summed E-state index contributed by atoms with van der Waals surface area (Å²) in [4.78, 5) is 0. The third kappa shape index (κ3) is 3.52. The summed E-state index contributed by atoms with van der Waals surface area (Å²) < 4.78 is 2.91. The van der Waals surface area contributed by atoms with Gasteiger partial charge in [-0.1, -0.05) is 34.1 Å². The fourth-order valence-electron chi connectivity index (χ4n) is 1.76. The molecule has 0 bridgehead atoms. The number of nitrogens with one attached hydrogen (secondary N) is 1. The van der Waals surface area contributed by atoms with E-state index in [4.69, 9.17) is 0 Å². The van der Waals surface area contributed by atoms with Gasteiger partial charge in [0.25, 0.3) is 0 Å². The molecule has 5 heteroatoms. The number of rotatable bonds is 3. The molecule has 0 aliphatic carbocycles. The van der Waals surface area contributed by atoms with E-state index >= 15 is 0 Å². The maximum atomic E-state index is 9.99. The number of hydrogen-bond acceptors (Lipinski definition) is 2. The van der Waals surface area contributed by atoms with Gasteiger partial charge in [0.05, 0.1) is 5.69 Å². The van der Waals surface area contributed by atoms with E-state index in [1.807, 2.05) is 37.3 Å². The molecule has 0 unspecified atom stereocenters. The highest BCUT2D eigenvalue weighted by Crippen LogP contribution is 2.35. The lowest BCUT2D eigenvalue weighted by atomic mass is 10.1. The molecule has 100 valence electrons. The van der Waals surface area contributed by atoms with E-state index in [0.717, 1.165) is 30.2 Å². The topological polar surface area (TPSA) is 32.3 Å². The summed E-state index contributed by atoms with van der Waals surface area (Å²) in [5.41, 5.74) is 2.72.